The lowest BCUT2D eigenvalue weighted by atomic mass is 10.0. The second-order valence-electron chi connectivity index (χ2n) is 4.78. The number of nitrogens with zero attached hydrogens (tertiary/aromatic N) is 1. The van der Waals surface area contributed by atoms with E-state index < -0.39 is 16.4 Å². The molecule has 0 aliphatic rings. The van der Waals surface area contributed by atoms with Crippen molar-refractivity contribution in [3.63, 3.8) is 0 Å². The summed E-state index contributed by atoms with van der Waals surface area (Å²) in [6, 6.07) is 4.00. The van der Waals surface area contributed by atoms with Crippen molar-refractivity contribution in [3.05, 3.63) is 33.3 Å². The van der Waals surface area contributed by atoms with Gasteiger partial charge in [-0.15, -0.1) is 0 Å². The van der Waals surface area contributed by atoms with Crippen LogP contribution in [0.25, 0.3) is 0 Å². The second kappa shape index (κ2) is 7.24. The van der Waals surface area contributed by atoms with E-state index in [1.165, 1.54) is 18.2 Å². The lowest BCUT2D eigenvalue weighted by Crippen LogP contribution is -2.57. The van der Waals surface area contributed by atoms with Gasteiger partial charge in [-0.05, 0) is 26.0 Å². The maximum Gasteiger partial charge on any atom is 0.288 e. The highest BCUT2D eigenvalue weighted by Gasteiger charge is 2.31. The molecule has 0 radical (unpaired) electrons. The van der Waals surface area contributed by atoms with Crippen molar-refractivity contribution in [2.24, 2.45) is 5.73 Å². The Hall–Kier alpha value is -1.86. The Morgan fingerprint density at radius 1 is 1.57 bits per heavy atom. The average Bonchev–Trinajstić information content (AvgIpc) is 2.42. The summed E-state index contributed by atoms with van der Waals surface area (Å²) >= 11 is 5.79. The molecule has 21 heavy (non-hydrogen) atoms. The largest absolute Gasteiger partial charge is 0.491 e. The number of benzene rings is 1. The van der Waals surface area contributed by atoms with Crippen LogP contribution in [0.5, 0.6) is 5.75 Å². The Balaban J connectivity index is 2.79. The summed E-state index contributed by atoms with van der Waals surface area (Å²) in [5.74, 6) is -0.208. The van der Waals surface area contributed by atoms with Crippen molar-refractivity contribution in [1.82, 2.24) is 5.32 Å². The second-order valence-corrected chi connectivity index (χ2v) is 5.19. The Kier molecular flexibility index (Phi) is 5.92. The zero-order chi connectivity index (χ0) is 16.0. The molecule has 1 amide bonds. The summed E-state index contributed by atoms with van der Waals surface area (Å²) in [6.45, 7) is 4.21. The number of hydrogen-bond donors (Lipinski definition) is 2. The van der Waals surface area contributed by atoms with E-state index in [0.29, 0.717) is 12.3 Å². The summed E-state index contributed by atoms with van der Waals surface area (Å²) in [6.07, 6.45) is 0.840. The fraction of sp³-hybridized carbons (Fsp3) is 0.462. The van der Waals surface area contributed by atoms with Gasteiger partial charge in [0.05, 0.1) is 4.92 Å². The van der Waals surface area contributed by atoms with Gasteiger partial charge in [-0.3, -0.25) is 14.9 Å². The molecule has 0 aliphatic heterocycles. The molecule has 0 aromatic heterocycles. The summed E-state index contributed by atoms with van der Waals surface area (Å²) in [7, 11) is 0. The predicted molar refractivity (Wildman–Crippen MR) is 79.5 cm³/mol. The van der Waals surface area contributed by atoms with Crippen molar-refractivity contribution in [1.29, 1.82) is 0 Å². The zero-order valence-electron chi connectivity index (χ0n) is 11.9. The Bertz CT molecular complexity index is 538. The molecule has 1 rings (SSSR count). The van der Waals surface area contributed by atoms with Crippen molar-refractivity contribution in [2.75, 3.05) is 13.2 Å². The minimum atomic E-state index is -1.02. The Morgan fingerprint density at radius 2 is 2.24 bits per heavy atom. The first-order chi connectivity index (χ1) is 9.80. The standard InChI is InChI=1S/C13H18ClN3O4/c1-3-6-16-13(2,12(15)18)8-21-9-4-5-11(17(19)20)10(14)7-9/h4-5,7,16H,3,6,8H2,1-2H3,(H2,15,18). The maximum absolute atomic E-state index is 11.5. The highest BCUT2D eigenvalue weighted by Crippen LogP contribution is 2.28. The molecule has 0 heterocycles. The average molecular weight is 316 g/mol. The number of nitro groups is 1. The van der Waals surface area contributed by atoms with Gasteiger partial charge in [0.1, 0.15) is 22.9 Å². The summed E-state index contributed by atoms with van der Waals surface area (Å²) < 4.78 is 5.47. The van der Waals surface area contributed by atoms with Crippen LogP contribution in [-0.4, -0.2) is 29.5 Å². The molecule has 8 heteroatoms. The van der Waals surface area contributed by atoms with Gasteiger partial charge in [-0.1, -0.05) is 18.5 Å². The first-order valence-electron chi connectivity index (χ1n) is 6.42. The molecule has 1 aromatic carbocycles. The highest BCUT2D eigenvalue weighted by molar-refractivity contribution is 6.32. The monoisotopic (exact) mass is 315 g/mol. The van der Waals surface area contributed by atoms with Crippen LogP contribution in [0.3, 0.4) is 0 Å². The van der Waals surface area contributed by atoms with E-state index in [9.17, 15) is 14.9 Å². The van der Waals surface area contributed by atoms with Crippen LogP contribution in [-0.2, 0) is 4.79 Å². The number of nitrogens with one attached hydrogen (secondary N) is 1. The molecule has 0 fully saturated rings. The normalized spacial score (nSPS) is 13.5. The third kappa shape index (κ3) is 4.57. The molecule has 0 spiro atoms. The van der Waals surface area contributed by atoms with Crippen LogP contribution in [0, 0.1) is 10.1 Å². The number of rotatable bonds is 8. The van der Waals surface area contributed by atoms with Crippen molar-refractivity contribution in [2.45, 2.75) is 25.8 Å². The number of hydrogen-bond acceptors (Lipinski definition) is 5. The summed E-state index contributed by atoms with van der Waals surface area (Å²) in [5, 5.41) is 13.7. The third-order valence-corrected chi connectivity index (χ3v) is 3.26. The molecule has 3 N–H and O–H groups in total. The van der Waals surface area contributed by atoms with E-state index in [2.05, 4.69) is 5.32 Å². The minimum Gasteiger partial charge on any atom is -0.491 e. The number of halogens is 1. The van der Waals surface area contributed by atoms with Gasteiger partial charge in [-0.25, -0.2) is 0 Å². The van der Waals surface area contributed by atoms with Crippen LogP contribution in [0.1, 0.15) is 20.3 Å². The molecule has 116 valence electrons. The van der Waals surface area contributed by atoms with Crippen molar-refractivity contribution in [3.8, 4) is 5.75 Å². The minimum absolute atomic E-state index is 0.00350. The van der Waals surface area contributed by atoms with E-state index in [-0.39, 0.29) is 17.3 Å². The van der Waals surface area contributed by atoms with E-state index >= 15 is 0 Å². The molecule has 1 unspecified atom stereocenters. The van der Waals surface area contributed by atoms with Gasteiger partial charge >= 0.3 is 0 Å². The van der Waals surface area contributed by atoms with Crippen LogP contribution in [0.2, 0.25) is 5.02 Å². The van der Waals surface area contributed by atoms with Gasteiger partial charge in [0.15, 0.2) is 0 Å². The summed E-state index contributed by atoms with van der Waals surface area (Å²) in [4.78, 5) is 21.6. The van der Waals surface area contributed by atoms with E-state index in [1.54, 1.807) is 6.92 Å². The van der Waals surface area contributed by atoms with Crippen molar-refractivity contribution < 1.29 is 14.5 Å². The molecule has 1 atom stereocenters. The van der Waals surface area contributed by atoms with Crippen LogP contribution >= 0.6 is 11.6 Å². The first kappa shape index (κ1) is 17.2. The highest BCUT2D eigenvalue weighted by atomic mass is 35.5. The molecular formula is C13H18ClN3O4. The number of nitrogens with two attached hydrogens (primary N) is 1. The predicted octanol–water partition coefficient (Wildman–Crippen LogP) is 1.87. The molecule has 0 saturated heterocycles. The zero-order valence-corrected chi connectivity index (χ0v) is 12.6. The number of carbonyl (C=O) groups is 1. The van der Waals surface area contributed by atoms with E-state index in [1.807, 2.05) is 6.92 Å². The van der Waals surface area contributed by atoms with Gasteiger partial charge in [0.25, 0.3) is 5.69 Å². The SMILES string of the molecule is CCCNC(C)(COc1ccc([N+](=O)[O-])c(Cl)c1)C(N)=O. The topological polar surface area (TPSA) is 107 Å². The number of nitro benzene ring substituents is 1. The van der Waals surface area contributed by atoms with Crippen LogP contribution in [0.15, 0.2) is 18.2 Å². The number of ether oxygens (including phenoxy) is 1. The first-order valence-corrected chi connectivity index (χ1v) is 6.79. The van der Waals surface area contributed by atoms with E-state index in [0.717, 1.165) is 6.42 Å². The molecular weight excluding hydrogens is 298 g/mol. The molecule has 7 nitrogen and oxygen atoms in total. The lowest BCUT2D eigenvalue weighted by Gasteiger charge is -2.27. The molecule has 1 aromatic rings. The van der Waals surface area contributed by atoms with Gasteiger partial charge in [0, 0.05) is 12.1 Å². The maximum atomic E-state index is 11.5. The van der Waals surface area contributed by atoms with Gasteiger partial charge in [-0.2, -0.15) is 0 Å². The van der Waals surface area contributed by atoms with Gasteiger partial charge < -0.3 is 15.8 Å². The fourth-order valence-corrected chi connectivity index (χ4v) is 1.80. The number of primary amides is 1. The molecule has 0 aliphatic carbocycles. The Labute approximate surface area is 127 Å². The van der Waals surface area contributed by atoms with Crippen molar-refractivity contribution >= 4 is 23.2 Å². The lowest BCUT2D eigenvalue weighted by molar-refractivity contribution is -0.384. The molecule has 0 saturated carbocycles. The number of amides is 1. The quantitative estimate of drug-likeness (QED) is 0.562. The van der Waals surface area contributed by atoms with Crippen LogP contribution in [0.4, 0.5) is 5.69 Å². The Morgan fingerprint density at radius 3 is 2.71 bits per heavy atom. The van der Waals surface area contributed by atoms with Gasteiger partial charge in [0.2, 0.25) is 5.91 Å². The smallest absolute Gasteiger partial charge is 0.288 e. The fourth-order valence-electron chi connectivity index (χ4n) is 1.56. The number of carbonyl (C=O) groups excluding carboxylic acids is 1. The summed E-state index contributed by atoms with van der Waals surface area (Å²) in [5.41, 5.74) is 4.15. The van der Waals surface area contributed by atoms with E-state index in [4.69, 9.17) is 22.1 Å². The third-order valence-electron chi connectivity index (χ3n) is 2.95. The molecule has 0 bridgehead atoms. The van der Waals surface area contributed by atoms with Crippen LogP contribution < -0.4 is 15.8 Å².